The number of carbonyl (C=O) groups is 2. The van der Waals surface area contributed by atoms with Crippen molar-refractivity contribution < 1.29 is 37.0 Å². The van der Waals surface area contributed by atoms with Gasteiger partial charge in [0.15, 0.2) is 0 Å². The van der Waals surface area contributed by atoms with Crippen LogP contribution >= 0.6 is 0 Å². The van der Waals surface area contributed by atoms with Gasteiger partial charge in [0.1, 0.15) is 19.0 Å². The first kappa shape index (κ1) is 19.8. The zero-order valence-corrected chi connectivity index (χ0v) is 14.1. The number of ether oxygens (including phenoxy) is 3. The number of benzene rings is 1. The first-order valence-electron chi connectivity index (χ1n) is 7.86. The van der Waals surface area contributed by atoms with Crippen LogP contribution in [0, 0.1) is 0 Å². The summed E-state index contributed by atoms with van der Waals surface area (Å²) in [5, 5.41) is 2.41. The van der Waals surface area contributed by atoms with Crippen LogP contribution in [0.5, 0.6) is 5.75 Å². The number of nitrogens with one attached hydrogen (secondary N) is 1. The summed E-state index contributed by atoms with van der Waals surface area (Å²) in [7, 11) is 1.46. The lowest BCUT2D eigenvalue weighted by Crippen LogP contribution is -2.28. The van der Waals surface area contributed by atoms with Crippen LogP contribution in [0.4, 0.5) is 23.7 Å². The fourth-order valence-electron chi connectivity index (χ4n) is 2.24. The molecule has 1 aliphatic rings. The van der Waals surface area contributed by atoms with Crippen LogP contribution in [-0.4, -0.2) is 56.9 Å². The van der Waals surface area contributed by atoms with Crippen LogP contribution < -0.4 is 10.1 Å². The Morgan fingerprint density at radius 1 is 1.35 bits per heavy atom. The van der Waals surface area contributed by atoms with Crippen molar-refractivity contribution in [2.75, 3.05) is 45.3 Å². The summed E-state index contributed by atoms with van der Waals surface area (Å²) < 4.78 is 53.6. The second kappa shape index (κ2) is 8.75. The molecule has 0 bridgehead atoms. The molecule has 1 aromatic rings. The van der Waals surface area contributed by atoms with Gasteiger partial charge in [0.05, 0.1) is 24.4 Å². The molecule has 0 atom stereocenters. The number of hydrogen-bond acceptors (Lipinski definition) is 5. The highest BCUT2D eigenvalue weighted by Crippen LogP contribution is 2.35. The lowest BCUT2D eigenvalue weighted by atomic mass is 10.1. The lowest BCUT2D eigenvalue weighted by Gasteiger charge is -2.16. The maximum atomic E-state index is 12.9. The summed E-state index contributed by atoms with van der Waals surface area (Å²) >= 11 is 0. The number of hydrogen-bond donors (Lipinski definition) is 1. The Balaban J connectivity index is 2.05. The van der Waals surface area contributed by atoms with Crippen molar-refractivity contribution in [2.24, 2.45) is 0 Å². The number of rotatable bonds is 8. The van der Waals surface area contributed by atoms with E-state index in [-0.39, 0.29) is 44.2 Å². The third-order valence-electron chi connectivity index (χ3n) is 3.58. The Hall–Kier alpha value is -2.49. The molecule has 0 spiro atoms. The van der Waals surface area contributed by atoms with Gasteiger partial charge in [-0.25, -0.2) is 4.79 Å². The Kier molecular flexibility index (Phi) is 6.67. The number of halogens is 3. The molecule has 1 N–H and O–H groups in total. The minimum absolute atomic E-state index is 0.0805. The van der Waals surface area contributed by atoms with Gasteiger partial charge < -0.3 is 24.4 Å². The molecule has 26 heavy (non-hydrogen) atoms. The van der Waals surface area contributed by atoms with Gasteiger partial charge in [0.2, 0.25) is 5.91 Å². The molecule has 7 nitrogen and oxygen atoms in total. The average molecular weight is 376 g/mol. The van der Waals surface area contributed by atoms with Crippen LogP contribution in [-0.2, 0) is 20.4 Å². The summed E-state index contributed by atoms with van der Waals surface area (Å²) in [6.07, 6.45) is -5.15. The Bertz CT molecular complexity index is 651. The van der Waals surface area contributed by atoms with E-state index in [0.29, 0.717) is 6.54 Å². The molecule has 0 radical (unpaired) electrons. The van der Waals surface area contributed by atoms with Crippen molar-refractivity contribution in [3.8, 4) is 5.75 Å². The quantitative estimate of drug-likeness (QED) is 0.706. The maximum Gasteiger partial charge on any atom is 0.416 e. The summed E-state index contributed by atoms with van der Waals surface area (Å²) in [6, 6.07) is 2.83. The minimum Gasteiger partial charge on any atom is -0.489 e. The molecule has 0 aliphatic carbocycles. The molecule has 10 heteroatoms. The van der Waals surface area contributed by atoms with Crippen LogP contribution in [0.2, 0.25) is 0 Å². The van der Waals surface area contributed by atoms with E-state index in [2.05, 4.69) is 5.32 Å². The molecule has 1 fully saturated rings. The highest BCUT2D eigenvalue weighted by Gasteiger charge is 2.31. The number of carbonyl (C=O) groups excluding carboxylic acids is 2. The SMILES string of the molecule is COCCOc1ccc(C(F)(F)F)cc1NC(=O)CCN1CCOC1=O. The number of anilines is 1. The molecule has 144 valence electrons. The van der Waals surface area contributed by atoms with E-state index in [9.17, 15) is 22.8 Å². The molecule has 0 unspecified atom stereocenters. The largest absolute Gasteiger partial charge is 0.489 e. The topological polar surface area (TPSA) is 77.1 Å². The van der Waals surface area contributed by atoms with E-state index >= 15 is 0 Å². The van der Waals surface area contributed by atoms with Crippen LogP contribution in [0.25, 0.3) is 0 Å². The van der Waals surface area contributed by atoms with Crippen LogP contribution in [0.1, 0.15) is 12.0 Å². The van der Waals surface area contributed by atoms with Crippen molar-refractivity contribution in [1.29, 1.82) is 0 Å². The summed E-state index contributed by atoms with van der Waals surface area (Å²) in [5.41, 5.74) is -1.00. The molecule has 1 saturated heterocycles. The predicted molar refractivity (Wildman–Crippen MR) is 85.0 cm³/mol. The van der Waals surface area contributed by atoms with E-state index in [1.54, 1.807) is 0 Å². The van der Waals surface area contributed by atoms with Crippen molar-refractivity contribution >= 4 is 17.7 Å². The molecule has 0 saturated carbocycles. The summed E-state index contributed by atoms with van der Waals surface area (Å²) in [6.45, 7) is 1.10. The van der Waals surface area contributed by atoms with E-state index in [4.69, 9.17) is 14.2 Å². The highest BCUT2D eigenvalue weighted by atomic mass is 19.4. The second-order valence-electron chi connectivity index (χ2n) is 5.45. The Morgan fingerprint density at radius 2 is 2.12 bits per heavy atom. The zero-order chi connectivity index (χ0) is 19.2. The van der Waals surface area contributed by atoms with Gasteiger partial charge in [-0.15, -0.1) is 0 Å². The fraction of sp³-hybridized carbons (Fsp3) is 0.500. The van der Waals surface area contributed by atoms with Crippen molar-refractivity contribution in [1.82, 2.24) is 4.90 Å². The Labute approximate surface area is 148 Å². The van der Waals surface area contributed by atoms with E-state index in [1.807, 2.05) is 0 Å². The first-order chi connectivity index (χ1) is 12.3. The first-order valence-corrected chi connectivity index (χ1v) is 7.86. The zero-order valence-electron chi connectivity index (χ0n) is 14.1. The fourth-order valence-corrected chi connectivity index (χ4v) is 2.24. The van der Waals surface area contributed by atoms with E-state index in [1.165, 1.54) is 12.0 Å². The van der Waals surface area contributed by atoms with Crippen molar-refractivity contribution in [2.45, 2.75) is 12.6 Å². The van der Waals surface area contributed by atoms with Gasteiger partial charge in [0, 0.05) is 20.1 Å². The summed E-state index contributed by atoms with van der Waals surface area (Å²) in [5.74, 6) is -0.440. The second-order valence-corrected chi connectivity index (χ2v) is 5.45. The van der Waals surface area contributed by atoms with Gasteiger partial charge in [0.25, 0.3) is 0 Å². The number of amides is 2. The normalized spacial score (nSPS) is 14.3. The molecule has 1 heterocycles. The number of nitrogens with zero attached hydrogens (tertiary/aromatic N) is 1. The number of cyclic esters (lactones) is 1. The van der Waals surface area contributed by atoms with Crippen molar-refractivity contribution in [3.05, 3.63) is 23.8 Å². The smallest absolute Gasteiger partial charge is 0.416 e. The standard InChI is InChI=1S/C16H19F3N2O5/c1-24-8-9-25-13-3-2-11(16(17,18)19)10-12(13)20-14(22)4-5-21-6-7-26-15(21)23/h2-3,10H,4-9H2,1H3,(H,20,22). The van der Waals surface area contributed by atoms with Gasteiger partial charge >= 0.3 is 12.3 Å². The molecule has 1 aliphatic heterocycles. The molecule has 2 amide bonds. The van der Waals surface area contributed by atoms with Crippen molar-refractivity contribution in [3.63, 3.8) is 0 Å². The monoisotopic (exact) mass is 376 g/mol. The van der Waals surface area contributed by atoms with Gasteiger partial charge in [-0.1, -0.05) is 0 Å². The molecule has 2 rings (SSSR count). The molecule has 0 aromatic heterocycles. The highest BCUT2D eigenvalue weighted by molar-refractivity contribution is 5.92. The lowest BCUT2D eigenvalue weighted by molar-refractivity contribution is -0.137. The third kappa shape index (κ3) is 5.51. The third-order valence-corrected chi connectivity index (χ3v) is 3.58. The maximum absolute atomic E-state index is 12.9. The van der Waals surface area contributed by atoms with Gasteiger partial charge in [-0.3, -0.25) is 4.79 Å². The van der Waals surface area contributed by atoms with E-state index < -0.39 is 23.7 Å². The number of alkyl halides is 3. The number of methoxy groups -OCH3 is 1. The van der Waals surface area contributed by atoms with Gasteiger partial charge in [-0.2, -0.15) is 13.2 Å². The molecular formula is C16H19F3N2O5. The van der Waals surface area contributed by atoms with Gasteiger partial charge in [-0.05, 0) is 18.2 Å². The molecular weight excluding hydrogens is 357 g/mol. The molecule has 1 aromatic carbocycles. The van der Waals surface area contributed by atoms with Crippen LogP contribution in [0.15, 0.2) is 18.2 Å². The minimum atomic E-state index is -4.55. The Morgan fingerprint density at radius 3 is 2.73 bits per heavy atom. The van der Waals surface area contributed by atoms with Crippen LogP contribution in [0.3, 0.4) is 0 Å². The van der Waals surface area contributed by atoms with E-state index in [0.717, 1.165) is 18.2 Å². The average Bonchev–Trinajstić information content (AvgIpc) is 2.98. The predicted octanol–water partition coefficient (Wildman–Crippen LogP) is 2.51. The summed E-state index contributed by atoms with van der Waals surface area (Å²) in [4.78, 5) is 24.7.